The van der Waals surface area contributed by atoms with Gasteiger partial charge in [-0.2, -0.15) is 0 Å². The molecule has 6 rings (SSSR count). The van der Waals surface area contributed by atoms with E-state index in [1.807, 2.05) is 30.5 Å². The van der Waals surface area contributed by atoms with E-state index in [9.17, 15) is 4.79 Å². The zero-order valence-corrected chi connectivity index (χ0v) is 20.1. The second-order valence-corrected chi connectivity index (χ2v) is 10.6. The lowest BCUT2D eigenvalue weighted by Crippen LogP contribution is -2.48. The van der Waals surface area contributed by atoms with Crippen LogP contribution in [0.25, 0.3) is 22.6 Å². The highest BCUT2D eigenvalue weighted by Crippen LogP contribution is 2.53. The minimum absolute atomic E-state index is 0.0304. The van der Waals surface area contributed by atoms with Crippen molar-refractivity contribution in [2.24, 2.45) is 11.8 Å². The van der Waals surface area contributed by atoms with Crippen LogP contribution in [-0.4, -0.2) is 20.7 Å². The summed E-state index contributed by atoms with van der Waals surface area (Å²) in [7, 11) is 0. The number of Topliss-reactive ketones (excluding diaryl/α,β-unsaturated/α-hetero) is 1. The smallest absolute Gasteiger partial charge is 0.160 e. The molecule has 3 aliphatic rings. The summed E-state index contributed by atoms with van der Waals surface area (Å²) < 4.78 is 15.1. The van der Waals surface area contributed by atoms with Crippen molar-refractivity contribution in [3.63, 3.8) is 0 Å². The first kappa shape index (κ1) is 22.3. The van der Waals surface area contributed by atoms with Gasteiger partial charge in [-0.15, -0.1) is 6.58 Å². The third-order valence-corrected chi connectivity index (χ3v) is 8.45. The largest absolute Gasteiger partial charge is 0.299 e. The Balaban J connectivity index is 1.56. The van der Waals surface area contributed by atoms with Gasteiger partial charge in [0, 0.05) is 52.3 Å². The van der Waals surface area contributed by atoms with Crippen LogP contribution in [0.1, 0.15) is 68.3 Å². The van der Waals surface area contributed by atoms with Gasteiger partial charge < -0.3 is 0 Å². The summed E-state index contributed by atoms with van der Waals surface area (Å²) in [5.41, 5.74) is 4.95. The van der Waals surface area contributed by atoms with Gasteiger partial charge in [0.25, 0.3) is 0 Å². The van der Waals surface area contributed by atoms with Crippen molar-refractivity contribution in [3.05, 3.63) is 78.0 Å². The lowest BCUT2D eigenvalue weighted by Gasteiger charge is -2.49. The molecule has 0 aliphatic heterocycles. The maximum Gasteiger partial charge on any atom is 0.160 e. The number of pyridine rings is 1. The number of halogens is 1. The number of hydrogen-bond donors (Lipinski definition) is 0. The molecule has 3 atom stereocenters. The SMILES string of the molecule is C=CC[C@H]1C(=O)CC[C@@]2(C)c3nc(-c4ccnc(C5CC5)c4)nc(-c4ccccc4F)c3CC[C@H]12. The maximum atomic E-state index is 15.1. The van der Waals surface area contributed by atoms with E-state index in [1.54, 1.807) is 6.07 Å². The minimum Gasteiger partial charge on any atom is -0.299 e. The number of benzene rings is 1. The molecule has 0 spiro atoms. The Morgan fingerprint density at radius 1 is 1.14 bits per heavy atom. The minimum atomic E-state index is -0.275. The van der Waals surface area contributed by atoms with Crippen molar-refractivity contribution in [3.8, 4) is 22.6 Å². The van der Waals surface area contributed by atoms with Crippen molar-refractivity contribution < 1.29 is 9.18 Å². The molecule has 0 bridgehead atoms. The molecule has 0 unspecified atom stereocenters. The van der Waals surface area contributed by atoms with E-state index in [-0.39, 0.29) is 23.1 Å². The molecule has 2 aromatic heterocycles. The summed E-state index contributed by atoms with van der Waals surface area (Å²) in [5.74, 6) is 1.36. The van der Waals surface area contributed by atoms with Crippen LogP contribution in [0.2, 0.25) is 0 Å². The predicted molar refractivity (Wildman–Crippen MR) is 134 cm³/mol. The number of carbonyl (C=O) groups is 1. The molecule has 0 radical (unpaired) electrons. The molecule has 5 heteroatoms. The molecule has 2 saturated carbocycles. The van der Waals surface area contributed by atoms with E-state index in [4.69, 9.17) is 9.97 Å². The van der Waals surface area contributed by atoms with Crippen LogP contribution in [0.5, 0.6) is 0 Å². The quantitative estimate of drug-likeness (QED) is 0.397. The van der Waals surface area contributed by atoms with Gasteiger partial charge in [0.2, 0.25) is 0 Å². The standard InChI is InChI=1S/C30H30FN3O/c1-3-6-20-23-12-11-22-27(21-7-4-5-8-24(21)31)33-29(19-14-16-32-25(17-19)18-9-10-18)34-28(22)30(23,2)15-13-26(20)35/h3-5,7-8,14,16-18,20,23H,1,6,9-13,15H2,2H3/t20-,23-,30-/m1/s1. The van der Waals surface area contributed by atoms with Crippen LogP contribution in [-0.2, 0) is 16.6 Å². The van der Waals surface area contributed by atoms with E-state index in [0.717, 1.165) is 41.8 Å². The molecule has 4 nitrogen and oxygen atoms in total. The third kappa shape index (κ3) is 3.72. The average molecular weight is 468 g/mol. The van der Waals surface area contributed by atoms with Gasteiger partial charge in [0.15, 0.2) is 5.82 Å². The fourth-order valence-electron chi connectivity index (χ4n) is 6.40. The Morgan fingerprint density at radius 2 is 1.97 bits per heavy atom. The van der Waals surface area contributed by atoms with Crippen LogP contribution >= 0.6 is 0 Å². The summed E-state index contributed by atoms with van der Waals surface area (Å²) in [6.45, 7) is 6.17. The molecule has 178 valence electrons. The summed E-state index contributed by atoms with van der Waals surface area (Å²) in [6.07, 6.45) is 9.65. The number of ketones is 1. The normalized spacial score (nSPS) is 25.6. The van der Waals surface area contributed by atoms with Crippen LogP contribution in [0, 0.1) is 17.7 Å². The summed E-state index contributed by atoms with van der Waals surface area (Å²) in [6, 6.07) is 10.9. The van der Waals surface area contributed by atoms with Crippen LogP contribution < -0.4 is 0 Å². The van der Waals surface area contributed by atoms with Gasteiger partial charge in [0.1, 0.15) is 11.6 Å². The Kier molecular flexibility index (Phi) is 5.39. The fourth-order valence-corrected chi connectivity index (χ4v) is 6.40. The maximum absolute atomic E-state index is 15.1. The highest BCUT2D eigenvalue weighted by Gasteiger charge is 2.50. The molecule has 2 heterocycles. The molecule has 1 aromatic carbocycles. The Labute approximate surface area is 205 Å². The van der Waals surface area contributed by atoms with Crippen LogP contribution in [0.15, 0.2) is 55.3 Å². The first-order valence-corrected chi connectivity index (χ1v) is 12.8. The highest BCUT2D eigenvalue weighted by molar-refractivity contribution is 5.83. The number of hydrogen-bond acceptors (Lipinski definition) is 4. The van der Waals surface area contributed by atoms with Crippen LogP contribution in [0.4, 0.5) is 4.39 Å². The van der Waals surface area contributed by atoms with E-state index < -0.39 is 0 Å². The molecular weight excluding hydrogens is 437 g/mol. The summed E-state index contributed by atoms with van der Waals surface area (Å²) >= 11 is 0. The third-order valence-electron chi connectivity index (χ3n) is 8.45. The van der Waals surface area contributed by atoms with Gasteiger partial charge in [-0.05, 0) is 68.7 Å². The molecule has 0 amide bonds. The van der Waals surface area contributed by atoms with Crippen molar-refractivity contribution >= 4 is 5.78 Å². The lowest BCUT2D eigenvalue weighted by atomic mass is 9.55. The first-order valence-electron chi connectivity index (χ1n) is 12.8. The number of aromatic nitrogens is 3. The first-order chi connectivity index (χ1) is 17.0. The van der Waals surface area contributed by atoms with E-state index in [1.165, 1.54) is 18.9 Å². The zero-order valence-electron chi connectivity index (χ0n) is 20.1. The number of allylic oxidation sites excluding steroid dienone is 1. The van der Waals surface area contributed by atoms with E-state index >= 15 is 4.39 Å². The highest BCUT2D eigenvalue weighted by atomic mass is 19.1. The van der Waals surface area contributed by atoms with Gasteiger partial charge in [0.05, 0.1) is 11.4 Å². The number of rotatable bonds is 5. The monoisotopic (exact) mass is 467 g/mol. The molecule has 3 aliphatic carbocycles. The average Bonchev–Trinajstić information content (AvgIpc) is 3.72. The molecular formula is C30H30FN3O. The Morgan fingerprint density at radius 3 is 2.74 bits per heavy atom. The van der Waals surface area contributed by atoms with Gasteiger partial charge in [-0.25, -0.2) is 14.4 Å². The zero-order chi connectivity index (χ0) is 24.2. The van der Waals surface area contributed by atoms with Gasteiger partial charge in [-0.1, -0.05) is 25.1 Å². The van der Waals surface area contributed by atoms with Crippen molar-refractivity contribution in [1.82, 2.24) is 15.0 Å². The second kappa shape index (κ2) is 8.47. The van der Waals surface area contributed by atoms with Gasteiger partial charge >= 0.3 is 0 Å². The summed E-state index contributed by atoms with van der Waals surface area (Å²) in [5, 5.41) is 0. The Hall–Kier alpha value is -3.21. The Bertz CT molecular complexity index is 1330. The fraction of sp³-hybridized carbons (Fsp3) is 0.400. The second-order valence-electron chi connectivity index (χ2n) is 10.6. The van der Waals surface area contributed by atoms with E-state index in [2.05, 4.69) is 24.6 Å². The number of fused-ring (bicyclic) bond motifs is 3. The van der Waals surface area contributed by atoms with Gasteiger partial charge in [-0.3, -0.25) is 9.78 Å². The number of carbonyl (C=O) groups excluding carboxylic acids is 1. The lowest BCUT2D eigenvalue weighted by molar-refractivity contribution is -0.129. The van der Waals surface area contributed by atoms with Crippen molar-refractivity contribution in [2.45, 2.75) is 63.2 Å². The molecule has 0 saturated heterocycles. The predicted octanol–water partition coefficient (Wildman–Crippen LogP) is 6.60. The molecule has 0 N–H and O–H groups in total. The van der Waals surface area contributed by atoms with E-state index in [0.29, 0.717) is 41.6 Å². The summed E-state index contributed by atoms with van der Waals surface area (Å²) in [4.78, 5) is 27.6. The molecule has 35 heavy (non-hydrogen) atoms. The number of nitrogens with zero attached hydrogens (tertiary/aromatic N) is 3. The topological polar surface area (TPSA) is 55.7 Å². The molecule has 3 aromatic rings. The van der Waals surface area contributed by atoms with Crippen LogP contribution in [0.3, 0.4) is 0 Å². The molecule has 2 fully saturated rings. The van der Waals surface area contributed by atoms with Crippen molar-refractivity contribution in [2.75, 3.05) is 0 Å². The van der Waals surface area contributed by atoms with Crippen molar-refractivity contribution in [1.29, 1.82) is 0 Å².